The van der Waals surface area contributed by atoms with Gasteiger partial charge >= 0.3 is 0 Å². The lowest BCUT2D eigenvalue weighted by Gasteiger charge is -2.15. The first-order valence-electron chi connectivity index (χ1n) is 7.22. The van der Waals surface area contributed by atoms with Crippen molar-refractivity contribution in [3.63, 3.8) is 0 Å². The van der Waals surface area contributed by atoms with Crippen molar-refractivity contribution >= 4 is 0 Å². The molecule has 0 fully saturated rings. The van der Waals surface area contributed by atoms with Crippen LogP contribution >= 0.6 is 0 Å². The molecule has 0 saturated heterocycles. The minimum atomic E-state index is 0.721. The molecule has 2 nitrogen and oxygen atoms in total. The van der Waals surface area contributed by atoms with Crippen LogP contribution in [0.4, 0.5) is 0 Å². The van der Waals surface area contributed by atoms with E-state index >= 15 is 0 Å². The number of ether oxygens (including phenoxy) is 1. The number of nitrogens with two attached hydrogens (primary N) is 1. The van der Waals surface area contributed by atoms with Gasteiger partial charge in [0.15, 0.2) is 0 Å². The van der Waals surface area contributed by atoms with E-state index in [1.807, 2.05) is 12.1 Å². The Bertz CT molecular complexity index is 543. The van der Waals surface area contributed by atoms with Crippen molar-refractivity contribution in [2.75, 3.05) is 13.2 Å². The van der Waals surface area contributed by atoms with Crippen molar-refractivity contribution < 1.29 is 4.74 Å². The molecule has 0 unspecified atom stereocenters. The number of unbranched alkanes of at least 4 members (excludes halogenated alkanes) is 1. The Balaban J connectivity index is 2.28. The second-order valence-electron chi connectivity index (χ2n) is 5.11. The van der Waals surface area contributed by atoms with E-state index in [0.717, 1.165) is 31.7 Å². The predicted molar refractivity (Wildman–Crippen MR) is 85.1 cm³/mol. The number of hydrogen-bond donors (Lipinski definition) is 1. The van der Waals surface area contributed by atoms with Gasteiger partial charge in [-0.05, 0) is 56.0 Å². The van der Waals surface area contributed by atoms with E-state index in [4.69, 9.17) is 10.5 Å². The third kappa shape index (κ3) is 3.40. The zero-order valence-electron chi connectivity index (χ0n) is 12.4. The molecule has 0 aliphatic rings. The molecule has 0 radical (unpaired) electrons. The van der Waals surface area contributed by atoms with Gasteiger partial charge in [0.25, 0.3) is 0 Å². The first-order valence-corrected chi connectivity index (χ1v) is 7.22. The van der Waals surface area contributed by atoms with E-state index in [9.17, 15) is 0 Å². The highest BCUT2D eigenvalue weighted by molar-refractivity contribution is 5.75. The maximum absolute atomic E-state index is 5.95. The molecular formula is C18H23NO. The van der Waals surface area contributed by atoms with Crippen LogP contribution in [-0.2, 0) is 0 Å². The van der Waals surface area contributed by atoms with Crippen LogP contribution in [0.15, 0.2) is 42.5 Å². The maximum Gasteiger partial charge on any atom is 0.127 e. The summed E-state index contributed by atoms with van der Waals surface area (Å²) < 4.78 is 5.95. The van der Waals surface area contributed by atoms with Gasteiger partial charge in [-0.15, -0.1) is 0 Å². The van der Waals surface area contributed by atoms with Crippen LogP contribution in [0.1, 0.15) is 24.0 Å². The van der Waals surface area contributed by atoms with Gasteiger partial charge < -0.3 is 10.5 Å². The Morgan fingerprint density at radius 2 is 1.60 bits per heavy atom. The third-order valence-corrected chi connectivity index (χ3v) is 3.49. The normalized spacial score (nSPS) is 10.6. The molecule has 0 spiro atoms. The van der Waals surface area contributed by atoms with Gasteiger partial charge in [0.1, 0.15) is 5.75 Å². The lowest BCUT2D eigenvalue weighted by atomic mass is 9.95. The average molecular weight is 269 g/mol. The zero-order valence-corrected chi connectivity index (χ0v) is 12.4. The summed E-state index contributed by atoms with van der Waals surface area (Å²) in [4.78, 5) is 0. The summed E-state index contributed by atoms with van der Waals surface area (Å²) in [5.74, 6) is 0.960. The molecule has 2 heteroatoms. The summed E-state index contributed by atoms with van der Waals surface area (Å²) in [6.07, 6.45) is 2.00. The molecule has 0 bridgehead atoms. The van der Waals surface area contributed by atoms with E-state index < -0.39 is 0 Å². The molecule has 0 aliphatic carbocycles. The summed E-state index contributed by atoms with van der Waals surface area (Å²) in [5.41, 5.74) is 10.5. The fourth-order valence-electron chi connectivity index (χ4n) is 2.47. The quantitative estimate of drug-likeness (QED) is 0.802. The summed E-state index contributed by atoms with van der Waals surface area (Å²) in [5, 5.41) is 0. The van der Waals surface area contributed by atoms with Crippen LogP contribution in [0.2, 0.25) is 0 Å². The Hall–Kier alpha value is -1.80. The second kappa shape index (κ2) is 7.11. The summed E-state index contributed by atoms with van der Waals surface area (Å²) in [7, 11) is 0. The van der Waals surface area contributed by atoms with Gasteiger partial charge in [-0.2, -0.15) is 0 Å². The van der Waals surface area contributed by atoms with E-state index in [1.165, 1.54) is 22.3 Å². The number of benzene rings is 2. The Labute approximate surface area is 121 Å². The molecule has 2 aromatic carbocycles. The Kier molecular flexibility index (Phi) is 5.19. The van der Waals surface area contributed by atoms with Gasteiger partial charge in [-0.1, -0.05) is 36.4 Å². The highest BCUT2D eigenvalue weighted by atomic mass is 16.5. The molecule has 0 aliphatic heterocycles. The van der Waals surface area contributed by atoms with Crippen molar-refractivity contribution in [1.29, 1.82) is 0 Å². The van der Waals surface area contributed by atoms with Gasteiger partial charge in [-0.3, -0.25) is 0 Å². The van der Waals surface area contributed by atoms with Crippen molar-refractivity contribution in [3.05, 3.63) is 53.6 Å². The Morgan fingerprint density at radius 1 is 0.900 bits per heavy atom. The standard InChI is InChI=1S/C18H23NO/c1-14-8-7-9-15(2)18(14)16-10-3-4-11-17(16)20-13-6-5-12-19/h3-4,7-11H,5-6,12-13,19H2,1-2H3. The largest absolute Gasteiger partial charge is 0.493 e. The predicted octanol–water partition coefficient (Wildman–Crippen LogP) is 4.09. The molecule has 2 aromatic rings. The van der Waals surface area contributed by atoms with Gasteiger partial charge in [-0.25, -0.2) is 0 Å². The lowest BCUT2D eigenvalue weighted by Crippen LogP contribution is -2.04. The number of para-hydroxylation sites is 1. The van der Waals surface area contributed by atoms with Crippen LogP contribution in [0, 0.1) is 13.8 Å². The minimum Gasteiger partial charge on any atom is -0.493 e. The van der Waals surface area contributed by atoms with E-state index in [1.54, 1.807) is 0 Å². The van der Waals surface area contributed by atoms with E-state index in [2.05, 4.69) is 44.2 Å². The van der Waals surface area contributed by atoms with Crippen molar-refractivity contribution in [2.45, 2.75) is 26.7 Å². The smallest absolute Gasteiger partial charge is 0.127 e. The molecule has 2 N–H and O–H groups in total. The van der Waals surface area contributed by atoms with Gasteiger partial charge in [0.2, 0.25) is 0 Å². The zero-order chi connectivity index (χ0) is 14.4. The second-order valence-corrected chi connectivity index (χ2v) is 5.11. The van der Waals surface area contributed by atoms with E-state index in [0.29, 0.717) is 0 Å². The molecule has 20 heavy (non-hydrogen) atoms. The number of rotatable bonds is 6. The average Bonchev–Trinajstić information content (AvgIpc) is 2.45. The van der Waals surface area contributed by atoms with Gasteiger partial charge in [0, 0.05) is 5.56 Å². The number of hydrogen-bond acceptors (Lipinski definition) is 2. The highest BCUT2D eigenvalue weighted by Gasteiger charge is 2.10. The van der Waals surface area contributed by atoms with Crippen LogP contribution in [0.25, 0.3) is 11.1 Å². The molecular weight excluding hydrogens is 246 g/mol. The molecule has 0 amide bonds. The van der Waals surface area contributed by atoms with Crippen molar-refractivity contribution in [1.82, 2.24) is 0 Å². The fourth-order valence-corrected chi connectivity index (χ4v) is 2.47. The van der Waals surface area contributed by atoms with Crippen molar-refractivity contribution in [2.24, 2.45) is 5.73 Å². The van der Waals surface area contributed by atoms with Crippen LogP contribution in [-0.4, -0.2) is 13.2 Å². The lowest BCUT2D eigenvalue weighted by molar-refractivity contribution is 0.309. The third-order valence-electron chi connectivity index (χ3n) is 3.49. The SMILES string of the molecule is Cc1cccc(C)c1-c1ccccc1OCCCCN. The minimum absolute atomic E-state index is 0.721. The molecule has 2 rings (SSSR count). The monoisotopic (exact) mass is 269 g/mol. The summed E-state index contributed by atoms with van der Waals surface area (Å²) >= 11 is 0. The molecule has 0 heterocycles. The topological polar surface area (TPSA) is 35.2 Å². The Morgan fingerprint density at radius 3 is 2.30 bits per heavy atom. The van der Waals surface area contributed by atoms with Crippen LogP contribution in [0.5, 0.6) is 5.75 Å². The number of aryl methyl sites for hydroxylation is 2. The van der Waals surface area contributed by atoms with Gasteiger partial charge in [0.05, 0.1) is 6.61 Å². The molecule has 106 valence electrons. The van der Waals surface area contributed by atoms with Crippen LogP contribution in [0.3, 0.4) is 0 Å². The summed E-state index contributed by atoms with van der Waals surface area (Å²) in [6.45, 7) is 5.74. The van der Waals surface area contributed by atoms with Crippen LogP contribution < -0.4 is 10.5 Å². The highest BCUT2D eigenvalue weighted by Crippen LogP contribution is 2.34. The van der Waals surface area contributed by atoms with Crippen molar-refractivity contribution in [3.8, 4) is 16.9 Å². The maximum atomic E-state index is 5.95. The first-order chi connectivity index (χ1) is 9.74. The summed E-state index contributed by atoms with van der Waals surface area (Å²) in [6, 6.07) is 14.7. The molecule has 0 aromatic heterocycles. The fraction of sp³-hybridized carbons (Fsp3) is 0.333. The molecule has 0 saturated carbocycles. The first kappa shape index (κ1) is 14.6. The van der Waals surface area contributed by atoms with E-state index in [-0.39, 0.29) is 0 Å². The molecule has 0 atom stereocenters.